The van der Waals surface area contributed by atoms with E-state index in [1.165, 1.54) is 30.9 Å². The summed E-state index contributed by atoms with van der Waals surface area (Å²) in [6.07, 6.45) is 6.81. The molecule has 3 aromatic rings. The van der Waals surface area contributed by atoms with Crippen LogP contribution >= 0.6 is 0 Å². The summed E-state index contributed by atoms with van der Waals surface area (Å²) in [6.45, 7) is 8.67. The topological polar surface area (TPSA) is 49.4 Å². The highest BCUT2D eigenvalue weighted by Crippen LogP contribution is 2.35. The summed E-state index contributed by atoms with van der Waals surface area (Å²) in [5, 5.41) is 0. The summed E-state index contributed by atoms with van der Waals surface area (Å²) in [4.78, 5) is 12.7. The molecule has 31 heavy (non-hydrogen) atoms. The largest absolute Gasteiger partial charge is 0.468 e. The van der Waals surface area contributed by atoms with Crippen LogP contribution in [0.25, 0.3) is 5.65 Å². The van der Waals surface area contributed by atoms with Gasteiger partial charge in [-0.15, -0.1) is 0 Å². The zero-order valence-corrected chi connectivity index (χ0v) is 18.0. The zero-order chi connectivity index (χ0) is 20.6. The summed E-state index contributed by atoms with van der Waals surface area (Å²) >= 11 is 0. The third kappa shape index (κ3) is 4.10. The van der Waals surface area contributed by atoms with Crippen molar-refractivity contribution in [2.75, 3.05) is 57.4 Å². The molecule has 0 N–H and O–H groups in total. The van der Waals surface area contributed by atoms with Crippen LogP contribution in [0.2, 0.25) is 0 Å². The lowest BCUT2D eigenvalue weighted by Crippen LogP contribution is -2.48. The van der Waals surface area contributed by atoms with E-state index in [4.69, 9.17) is 14.1 Å². The molecule has 2 aliphatic heterocycles. The van der Waals surface area contributed by atoms with E-state index in [0.29, 0.717) is 6.04 Å². The quantitative estimate of drug-likeness (QED) is 0.610. The maximum absolute atomic E-state index is 5.62. The Morgan fingerprint density at radius 2 is 1.90 bits per heavy atom. The third-order valence-corrected chi connectivity index (χ3v) is 6.89. The van der Waals surface area contributed by atoms with Crippen molar-refractivity contribution in [2.24, 2.45) is 5.92 Å². The molecule has 3 aliphatic rings. The number of piperazine rings is 1. The van der Waals surface area contributed by atoms with Gasteiger partial charge < -0.3 is 14.1 Å². The van der Waals surface area contributed by atoms with Crippen LogP contribution in [0.15, 0.2) is 47.2 Å². The van der Waals surface area contributed by atoms with Crippen molar-refractivity contribution >= 4 is 11.5 Å². The normalized spacial score (nSPS) is 23.6. The Kier molecular flexibility index (Phi) is 5.18. The fraction of sp³-hybridized carbons (Fsp3) is 0.542. The lowest BCUT2D eigenvalue weighted by molar-refractivity contribution is 0.0602. The van der Waals surface area contributed by atoms with E-state index in [1.54, 1.807) is 6.26 Å². The Hall–Kier alpha value is -2.35. The molecule has 164 valence electrons. The molecule has 0 unspecified atom stereocenters. The number of aromatic nitrogens is 2. The minimum absolute atomic E-state index is 0.321. The number of hydrogen-bond donors (Lipinski definition) is 0. The van der Waals surface area contributed by atoms with Gasteiger partial charge in [-0.25, -0.2) is 4.98 Å². The van der Waals surface area contributed by atoms with E-state index >= 15 is 0 Å². The molecular weight excluding hydrogens is 390 g/mol. The second-order valence-electron chi connectivity index (χ2n) is 9.15. The molecule has 0 aromatic carbocycles. The average Bonchev–Trinajstić information content (AvgIpc) is 3.29. The maximum atomic E-state index is 5.62. The van der Waals surface area contributed by atoms with Crippen LogP contribution in [0, 0.1) is 5.92 Å². The van der Waals surface area contributed by atoms with Crippen molar-refractivity contribution < 1.29 is 9.15 Å². The standard InChI is InChI=1S/C24H31N5O2/c1-4-23-25-21(17-29(23)24(5-1)27-10-13-30-14-11-27)22-18-26(16-20-3-2-12-31-20)8-9-28(22)15-19-6-7-19/h1-5,12,17,19,22H,6-11,13-16,18H2/t22-/m0/s1. The smallest absolute Gasteiger partial charge is 0.138 e. The highest BCUT2D eigenvalue weighted by molar-refractivity contribution is 5.53. The summed E-state index contributed by atoms with van der Waals surface area (Å²) in [5.74, 6) is 3.13. The Morgan fingerprint density at radius 1 is 1.00 bits per heavy atom. The molecule has 0 amide bonds. The number of morpholine rings is 1. The van der Waals surface area contributed by atoms with Crippen LogP contribution in [0.1, 0.15) is 30.3 Å². The van der Waals surface area contributed by atoms with Gasteiger partial charge in [-0.2, -0.15) is 0 Å². The van der Waals surface area contributed by atoms with Gasteiger partial charge in [0.2, 0.25) is 0 Å². The van der Waals surface area contributed by atoms with Crippen molar-refractivity contribution in [3.05, 3.63) is 54.2 Å². The number of anilines is 1. The fourth-order valence-electron chi connectivity index (χ4n) is 5.00. The minimum Gasteiger partial charge on any atom is -0.468 e. The summed E-state index contributed by atoms with van der Waals surface area (Å²) in [6, 6.07) is 10.8. The number of imidazole rings is 1. The predicted molar refractivity (Wildman–Crippen MR) is 119 cm³/mol. The van der Waals surface area contributed by atoms with Crippen LogP contribution in [0.5, 0.6) is 0 Å². The molecule has 2 saturated heterocycles. The summed E-state index contributed by atoms with van der Waals surface area (Å²) in [7, 11) is 0. The molecule has 0 radical (unpaired) electrons. The van der Waals surface area contributed by atoms with Crippen LogP contribution in [-0.2, 0) is 11.3 Å². The molecular formula is C24H31N5O2. The molecule has 3 aromatic heterocycles. The highest BCUT2D eigenvalue weighted by atomic mass is 16.5. The third-order valence-electron chi connectivity index (χ3n) is 6.89. The number of ether oxygens (including phenoxy) is 1. The Bertz CT molecular complexity index is 1010. The van der Waals surface area contributed by atoms with Gasteiger partial charge >= 0.3 is 0 Å². The Balaban J connectivity index is 1.29. The first-order chi connectivity index (χ1) is 15.3. The van der Waals surface area contributed by atoms with Crippen molar-refractivity contribution in [3.8, 4) is 0 Å². The lowest BCUT2D eigenvalue weighted by atomic mass is 10.1. The van der Waals surface area contributed by atoms with Crippen molar-refractivity contribution in [2.45, 2.75) is 25.4 Å². The Morgan fingerprint density at radius 3 is 2.71 bits per heavy atom. The first-order valence-electron chi connectivity index (χ1n) is 11.6. The molecule has 1 aliphatic carbocycles. The average molecular weight is 422 g/mol. The highest BCUT2D eigenvalue weighted by Gasteiger charge is 2.34. The lowest BCUT2D eigenvalue weighted by Gasteiger charge is -2.40. The molecule has 7 heteroatoms. The molecule has 3 fully saturated rings. The van der Waals surface area contributed by atoms with Crippen molar-refractivity contribution in [1.82, 2.24) is 19.2 Å². The second-order valence-corrected chi connectivity index (χ2v) is 9.15. The minimum atomic E-state index is 0.321. The molecule has 1 atom stereocenters. The van der Waals surface area contributed by atoms with E-state index in [0.717, 1.165) is 69.8 Å². The van der Waals surface area contributed by atoms with Crippen LogP contribution < -0.4 is 4.90 Å². The summed E-state index contributed by atoms with van der Waals surface area (Å²) < 4.78 is 13.5. The van der Waals surface area contributed by atoms with Gasteiger partial charge in [0.1, 0.15) is 17.2 Å². The van der Waals surface area contributed by atoms with Crippen LogP contribution in [-0.4, -0.2) is 71.7 Å². The molecule has 5 heterocycles. The van der Waals surface area contributed by atoms with Crippen molar-refractivity contribution in [3.63, 3.8) is 0 Å². The van der Waals surface area contributed by atoms with E-state index in [9.17, 15) is 0 Å². The van der Waals surface area contributed by atoms with E-state index in [2.05, 4.69) is 49.6 Å². The predicted octanol–water partition coefficient (Wildman–Crippen LogP) is 3.03. The number of nitrogens with zero attached hydrogens (tertiary/aromatic N) is 5. The zero-order valence-electron chi connectivity index (χ0n) is 18.0. The molecule has 0 bridgehead atoms. The van der Waals surface area contributed by atoms with Gasteiger partial charge in [0.05, 0.1) is 37.8 Å². The molecule has 1 saturated carbocycles. The van der Waals surface area contributed by atoms with Crippen LogP contribution in [0.3, 0.4) is 0 Å². The van der Waals surface area contributed by atoms with Gasteiger partial charge in [-0.1, -0.05) is 6.07 Å². The number of pyridine rings is 1. The fourth-order valence-corrected chi connectivity index (χ4v) is 5.00. The van der Waals surface area contributed by atoms with Gasteiger partial charge in [-0.05, 0) is 43.0 Å². The molecule has 6 rings (SSSR count). The van der Waals surface area contributed by atoms with E-state index in [-0.39, 0.29) is 0 Å². The van der Waals surface area contributed by atoms with E-state index in [1.807, 2.05) is 6.07 Å². The number of furan rings is 1. The van der Waals surface area contributed by atoms with Crippen molar-refractivity contribution in [1.29, 1.82) is 0 Å². The molecule has 0 spiro atoms. The SMILES string of the molecule is c1coc(CN2CCN(CC3CC3)[C@H](c3cn4c(N5CCOCC5)cccc4n3)C2)c1. The summed E-state index contributed by atoms with van der Waals surface area (Å²) in [5.41, 5.74) is 2.22. The second kappa shape index (κ2) is 8.30. The van der Waals surface area contributed by atoms with Gasteiger partial charge in [0.25, 0.3) is 0 Å². The Labute approximate surface area is 183 Å². The number of rotatable bonds is 6. The monoisotopic (exact) mass is 421 g/mol. The van der Waals surface area contributed by atoms with E-state index < -0.39 is 0 Å². The number of fused-ring (bicyclic) bond motifs is 1. The van der Waals surface area contributed by atoms with Gasteiger partial charge in [-0.3, -0.25) is 14.2 Å². The first kappa shape index (κ1) is 19.3. The first-order valence-corrected chi connectivity index (χ1v) is 11.6. The van der Waals surface area contributed by atoms with Gasteiger partial charge in [0.15, 0.2) is 0 Å². The molecule has 7 nitrogen and oxygen atoms in total. The van der Waals surface area contributed by atoms with Gasteiger partial charge in [0, 0.05) is 45.5 Å². The number of hydrogen-bond acceptors (Lipinski definition) is 6. The maximum Gasteiger partial charge on any atom is 0.138 e. The van der Waals surface area contributed by atoms with Crippen LogP contribution in [0.4, 0.5) is 5.82 Å².